The zero-order valence-electron chi connectivity index (χ0n) is 14.7. The molecule has 0 aliphatic carbocycles. The lowest BCUT2D eigenvalue weighted by Crippen LogP contribution is -2.17. The molecule has 154 valence electrons. The molecule has 2 heterocycles. The van der Waals surface area contributed by atoms with E-state index in [4.69, 9.17) is 4.42 Å². The highest BCUT2D eigenvalue weighted by Gasteiger charge is 2.31. The first kappa shape index (κ1) is 20.3. The first-order valence-electron chi connectivity index (χ1n) is 8.23. The standard InChI is InChI=1S/C17H10BrF3N6O2S/c18-11-3-1-10(2-4-11)15-23-22-14(28-15)9-30-16-24-25-26-27(16)12-5-7-13(8-6-12)29-17(19,20)21/h1-8H,9H2. The number of rotatable bonds is 6. The summed E-state index contributed by atoms with van der Waals surface area (Å²) < 4.78 is 48.7. The van der Waals surface area contributed by atoms with E-state index >= 15 is 0 Å². The molecule has 4 aromatic rings. The van der Waals surface area contributed by atoms with Crippen LogP contribution >= 0.6 is 27.7 Å². The van der Waals surface area contributed by atoms with E-state index < -0.39 is 6.36 Å². The molecule has 0 radical (unpaired) electrons. The van der Waals surface area contributed by atoms with Crippen molar-refractivity contribution in [3.8, 4) is 22.9 Å². The Balaban J connectivity index is 1.44. The van der Waals surface area contributed by atoms with E-state index in [9.17, 15) is 13.2 Å². The van der Waals surface area contributed by atoms with E-state index in [1.54, 1.807) is 0 Å². The van der Waals surface area contributed by atoms with Gasteiger partial charge in [-0.15, -0.1) is 28.5 Å². The molecule has 0 unspecified atom stereocenters. The summed E-state index contributed by atoms with van der Waals surface area (Å²) >= 11 is 4.60. The first-order valence-corrected chi connectivity index (χ1v) is 10.0. The Morgan fingerprint density at radius 3 is 2.43 bits per heavy atom. The van der Waals surface area contributed by atoms with Gasteiger partial charge in [0.15, 0.2) is 0 Å². The first-order chi connectivity index (χ1) is 14.4. The van der Waals surface area contributed by atoms with Crippen LogP contribution in [-0.2, 0) is 5.75 Å². The zero-order valence-corrected chi connectivity index (χ0v) is 17.1. The Labute approximate surface area is 179 Å². The maximum atomic E-state index is 12.3. The van der Waals surface area contributed by atoms with Gasteiger partial charge in [-0.05, 0) is 59.0 Å². The molecule has 0 aliphatic heterocycles. The minimum absolute atomic E-state index is 0.305. The van der Waals surface area contributed by atoms with E-state index in [-0.39, 0.29) is 5.75 Å². The Bertz CT molecular complexity index is 1130. The van der Waals surface area contributed by atoms with Crippen LogP contribution in [0.2, 0.25) is 0 Å². The molecule has 0 saturated carbocycles. The Morgan fingerprint density at radius 2 is 1.73 bits per heavy atom. The van der Waals surface area contributed by atoms with E-state index in [2.05, 4.69) is 46.4 Å². The van der Waals surface area contributed by atoms with Crippen molar-refractivity contribution in [1.29, 1.82) is 0 Å². The number of thioether (sulfide) groups is 1. The Morgan fingerprint density at radius 1 is 1.00 bits per heavy atom. The maximum Gasteiger partial charge on any atom is 0.573 e. The van der Waals surface area contributed by atoms with Crippen molar-refractivity contribution in [3.63, 3.8) is 0 Å². The lowest BCUT2D eigenvalue weighted by Gasteiger charge is -2.09. The summed E-state index contributed by atoms with van der Waals surface area (Å²) in [5.41, 5.74) is 1.26. The molecule has 2 aromatic heterocycles. The number of hydrogen-bond acceptors (Lipinski definition) is 8. The third kappa shape index (κ3) is 4.97. The van der Waals surface area contributed by atoms with Crippen molar-refractivity contribution in [3.05, 3.63) is 58.9 Å². The van der Waals surface area contributed by atoms with Gasteiger partial charge in [0.2, 0.25) is 16.9 Å². The van der Waals surface area contributed by atoms with Gasteiger partial charge in [-0.1, -0.05) is 27.7 Å². The van der Waals surface area contributed by atoms with Crippen molar-refractivity contribution in [2.45, 2.75) is 17.3 Å². The second kappa shape index (κ2) is 8.44. The molecule has 0 saturated heterocycles. The maximum absolute atomic E-state index is 12.3. The van der Waals surface area contributed by atoms with Gasteiger partial charge in [-0.25, -0.2) is 0 Å². The number of nitrogens with zero attached hydrogens (tertiary/aromatic N) is 6. The van der Waals surface area contributed by atoms with Crippen LogP contribution in [0.15, 0.2) is 62.6 Å². The Kier molecular flexibility index (Phi) is 5.72. The molecule has 0 aliphatic rings. The topological polar surface area (TPSA) is 91.8 Å². The molecule has 0 atom stereocenters. The molecule has 2 aromatic carbocycles. The van der Waals surface area contributed by atoms with Gasteiger partial charge in [0.1, 0.15) is 5.75 Å². The number of aromatic nitrogens is 6. The van der Waals surface area contributed by atoms with Gasteiger partial charge in [0, 0.05) is 10.0 Å². The Hall–Kier alpha value is -2.93. The van der Waals surface area contributed by atoms with Crippen molar-refractivity contribution < 1.29 is 22.3 Å². The number of tetrazole rings is 1. The van der Waals surface area contributed by atoms with Crippen LogP contribution in [-0.4, -0.2) is 36.8 Å². The van der Waals surface area contributed by atoms with Crippen molar-refractivity contribution in [2.75, 3.05) is 0 Å². The van der Waals surface area contributed by atoms with Gasteiger partial charge in [-0.3, -0.25) is 0 Å². The molecule has 30 heavy (non-hydrogen) atoms. The molecule has 0 spiro atoms. The van der Waals surface area contributed by atoms with Gasteiger partial charge >= 0.3 is 6.36 Å². The molecule has 4 rings (SSSR count). The molecular formula is C17H10BrF3N6O2S. The molecule has 8 nitrogen and oxygen atoms in total. The SMILES string of the molecule is FC(F)(F)Oc1ccc(-n2nnnc2SCc2nnc(-c3ccc(Br)cc3)o2)cc1. The molecule has 0 N–H and O–H groups in total. The minimum Gasteiger partial charge on any atom is -0.420 e. The summed E-state index contributed by atoms with van der Waals surface area (Å²) in [5, 5.41) is 19.8. The molecule has 0 amide bonds. The van der Waals surface area contributed by atoms with Crippen LogP contribution in [0, 0.1) is 0 Å². The summed E-state index contributed by atoms with van der Waals surface area (Å²) in [7, 11) is 0. The van der Waals surface area contributed by atoms with Crippen LogP contribution in [0.1, 0.15) is 5.89 Å². The fourth-order valence-corrected chi connectivity index (χ4v) is 3.36. The van der Waals surface area contributed by atoms with Crippen molar-refractivity contribution in [1.82, 2.24) is 30.4 Å². The number of halogens is 4. The second-order valence-corrected chi connectivity index (χ2v) is 7.57. The van der Waals surface area contributed by atoms with Crippen LogP contribution < -0.4 is 4.74 Å². The third-order valence-electron chi connectivity index (χ3n) is 3.64. The average molecular weight is 499 g/mol. The molecule has 0 fully saturated rings. The van der Waals surface area contributed by atoms with Gasteiger partial charge in [0.05, 0.1) is 11.4 Å². The number of alkyl halides is 3. The van der Waals surface area contributed by atoms with E-state index in [1.807, 2.05) is 24.3 Å². The van der Waals surface area contributed by atoms with Crippen LogP contribution in [0.5, 0.6) is 5.75 Å². The smallest absolute Gasteiger partial charge is 0.420 e. The van der Waals surface area contributed by atoms with Crippen molar-refractivity contribution in [2.24, 2.45) is 0 Å². The largest absolute Gasteiger partial charge is 0.573 e. The van der Waals surface area contributed by atoms with E-state index in [0.717, 1.165) is 10.0 Å². The molecular weight excluding hydrogens is 489 g/mol. The monoisotopic (exact) mass is 498 g/mol. The molecule has 0 bridgehead atoms. The highest BCUT2D eigenvalue weighted by molar-refractivity contribution is 9.10. The predicted molar refractivity (Wildman–Crippen MR) is 103 cm³/mol. The average Bonchev–Trinajstić information content (AvgIpc) is 3.36. The highest BCUT2D eigenvalue weighted by atomic mass is 79.9. The van der Waals surface area contributed by atoms with Gasteiger partial charge < -0.3 is 9.15 Å². The lowest BCUT2D eigenvalue weighted by atomic mass is 10.2. The van der Waals surface area contributed by atoms with Crippen LogP contribution in [0.3, 0.4) is 0 Å². The summed E-state index contributed by atoms with van der Waals surface area (Å²) in [6.45, 7) is 0. The quantitative estimate of drug-likeness (QED) is 0.354. The normalized spacial score (nSPS) is 11.6. The minimum atomic E-state index is -4.75. The fraction of sp³-hybridized carbons (Fsp3) is 0.118. The lowest BCUT2D eigenvalue weighted by molar-refractivity contribution is -0.274. The zero-order chi connectivity index (χ0) is 21.1. The number of benzene rings is 2. The highest BCUT2D eigenvalue weighted by Crippen LogP contribution is 2.27. The van der Waals surface area contributed by atoms with E-state index in [1.165, 1.54) is 40.7 Å². The summed E-state index contributed by atoms with van der Waals surface area (Å²) in [6.07, 6.45) is -4.75. The second-order valence-electron chi connectivity index (χ2n) is 5.71. The van der Waals surface area contributed by atoms with E-state index in [0.29, 0.717) is 28.4 Å². The van der Waals surface area contributed by atoms with Crippen LogP contribution in [0.25, 0.3) is 17.1 Å². The van der Waals surface area contributed by atoms with Gasteiger partial charge in [0.25, 0.3) is 0 Å². The number of ether oxygens (including phenoxy) is 1. The van der Waals surface area contributed by atoms with Gasteiger partial charge in [-0.2, -0.15) is 4.68 Å². The summed E-state index contributed by atoms with van der Waals surface area (Å²) in [6, 6.07) is 12.6. The molecule has 13 heteroatoms. The summed E-state index contributed by atoms with van der Waals surface area (Å²) in [5.74, 6) is 0.735. The summed E-state index contributed by atoms with van der Waals surface area (Å²) in [4.78, 5) is 0. The van der Waals surface area contributed by atoms with Crippen LogP contribution in [0.4, 0.5) is 13.2 Å². The number of hydrogen-bond donors (Lipinski definition) is 0. The third-order valence-corrected chi connectivity index (χ3v) is 5.07. The van der Waals surface area contributed by atoms with Crippen molar-refractivity contribution >= 4 is 27.7 Å². The predicted octanol–water partition coefficient (Wildman–Crippen LogP) is 4.67. The fourth-order valence-electron chi connectivity index (χ4n) is 2.37.